The summed E-state index contributed by atoms with van der Waals surface area (Å²) in [5.74, 6) is -0.377. The van der Waals surface area contributed by atoms with E-state index in [1.807, 2.05) is 29.2 Å². The van der Waals surface area contributed by atoms with Crippen LogP contribution in [-0.2, 0) is 19.5 Å². The van der Waals surface area contributed by atoms with Crippen LogP contribution in [0.25, 0.3) is 21.6 Å². The van der Waals surface area contributed by atoms with Crippen LogP contribution in [0, 0.1) is 6.92 Å². The number of nitrogens with zero attached hydrogens (tertiary/aromatic N) is 5. The van der Waals surface area contributed by atoms with Gasteiger partial charge in [0.1, 0.15) is 6.61 Å². The number of anilines is 1. The van der Waals surface area contributed by atoms with Gasteiger partial charge in [-0.3, -0.25) is 0 Å². The van der Waals surface area contributed by atoms with Gasteiger partial charge in [-0.2, -0.15) is 0 Å². The van der Waals surface area contributed by atoms with E-state index >= 15 is 0 Å². The molecule has 0 saturated carbocycles. The molecule has 1 fully saturated rings. The van der Waals surface area contributed by atoms with E-state index in [4.69, 9.17) is 21.0 Å². The maximum absolute atomic E-state index is 13.0. The first-order chi connectivity index (χ1) is 18.2. The molecule has 11 heteroatoms. The Morgan fingerprint density at radius 3 is 2.24 bits per heavy atom. The van der Waals surface area contributed by atoms with Crippen LogP contribution in [-0.4, -0.2) is 52.2 Å². The van der Waals surface area contributed by atoms with Gasteiger partial charge in [0.15, 0.2) is 0 Å². The number of halogens is 1. The van der Waals surface area contributed by atoms with Crippen LogP contribution < -0.4 is 4.90 Å². The van der Waals surface area contributed by atoms with Crippen molar-refractivity contribution in [1.29, 1.82) is 0 Å². The summed E-state index contributed by atoms with van der Waals surface area (Å²) in [7, 11) is 1.69. The van der Waals surface area contributed by atoms with Gasteiger partial charge >= 0.3 is 6.09 Å². The van der Waals surface area contributed by atoms with Crippen molar-refractivity contribution in [2.24, 2.45) is 5.11 Å². The molecule has 5 rings (SSSR count). The Balaban J connectivity index is 1.25. The van der Waals surface area contributed by atoms with Crippen LogP contribution >= 0.6 is 10.7 Å². The molecule has 196 valence electrons. The van der Waals surface area contributed by atoms with E-state index in [0.717, 1.165) is 11.1 Å². The molecule has 0 aromatic heterocycles. The zero-order valence-electron chi connectivity index (χ0n) is 20.7. The predicted molar refractivity (Wildman–Crippen MR) is 147 cm³/mol. The lowest BCUT2D eigenvalue weighted by Crippen LogP contribution is -2.49. The Morgan fingerprint density at radius 2 is 1.66 bits per heavy atom. The van der Waals surface area contributed by atoms with Crippen molar-refractivity contribution in [1.82, 2.24) is 4.90 Å². The van der Waals surface area contributed by atoms with Gasteiger partial charge in [-0.05, 0) is 58.0 Å². The van der Waals surface area contributed by atoms with Gasteiger partial charge < -0.3 is 14.5 Å². The Labute approximate surface area is 225 Å². The molecule has 1 amide bonds. The number of fused-ring (bicyclic) bond motifs is 3. The van der Waals surface area contributed by atoms with Gasteiger partial charge in [-0.1, -0.05) is 53.6 Å². The molecule has 2 aliphatic rings. The fourth-order valence-corrected chi connectivity index (χ4v) is 6.27. The summed E-state index contributed by atoms with van der Waals surface area (Å²) in [5, 5.41) is 3.72. The second-order valence-electron chi connectivity index (χ2n) is 9.40. The minimum atomic E-state index is -3.80. The summed E-state index contributed by atoms with van der Waals surface area (Å²) in [6.45, 7) is 3.85. The lowest BCUT2D eigenvalue weighted by molar-refractivity contribution is 0.0977. The van der Waals surface area contributed by atoms with Crippen LogP contribution in [0.1, 0.15) is 28.2 Å². The fraction of sp³-hybridized carbons (Fsp3) is 0.296. The summed E-state index contributed by atoms with van der Waals surface area (Å²) in [4.78, 5) is 19.5. The number of azide groups is 1. The highest BCUT2D eigenvalue weighted by Gasteiger charge is 2.30. The van der Waals surface area contributed by atoms with E-state index < -0.39 is 9.05 Å². The number of amides is 1. The molecule has 1 saturated heterocycles. The number of benzene rings is 3. The molecule has 9 nitrogen and oxygen atoms in total. The van der Waals surface area contributed by atoms with Gasteiger partial charge in [0.25, 0.3) is 0 Å². The van der Waals surface area contributed by atoms with Crippen LogP contribution in [0.5, 0.6) is 0 Å². The third-order valence-corrected chi connectivity index (χ3v) is 8.18. The minimum absolute atomic E-state index is 0.00376. The molecule has 0 N–H and O–H groups in total. The number of rotatable bonds is 6. The third-order valence-electron chi connectivity index (χ3n) is 7.19. The lowest BCUT2D eigenvalue weighted by Gasteiger charge is -2.36. The van der Waals surface area contributed by atoms with Crippen molar-refractivity contribution < 1.29 is 17.9 Å². The molecule has 1 aliphatic heterocycles. The Kier molecular flexibility index (Phi) is 7.21. The largest absolute Gasteiger partial charge is 0.448 e. The summed E-state index contributed by atoms with van der Waals surface area (Å²) in [6, 6.07) is 19.9. The van der Waals surface area contributed by atoms with Crippen molar-refractivity contribution in [2.45, 2.75) is 18.6 Å². The SMILES string of the molecule is Cc1c(CS(=O)(=O)Cl)cc(N2CCN(C(=O)OCC3c4ccccc4-c4ccccc43)CC2)cc1N=[N+]=[N-]. The smallest absolute Gasteiger partial charge is 0.409 e. The number of carbonyl (C=O) groups is 1. The molecule has 0 unspecified atom stereocenters. The molecular weight excluding hydrogens is 526 g/mol. The van der Waals surface area contributed by atoms with Gasteiger partial charge in [0.05, 0.1) is 5.75 Å². The second kappa shape index (κ2) is 10.6. The number of carbonyl (C=O) groups excluding carboxylic acids is 1. The van der Waals surface area contributed by atoms with Crippen LogP contribution in [0.15, 0.2) is 65.8 Å². The van der Waals surface area contributed by atoms with E-state index in [9.17, 15) is 13.2 Å². The van der Waals surface area contributed by atoms with Crippen LogP contribution in [0.2, 0.25) is 0 Å². The summed E-state index contributed by atoms with van der Waals surface area (Å²) >= 11 is 0. The molecule has 38 heavy (non-hydrogen) atoms. The maximum Gasteiger partial charge on any atom is 0.409 e. The Morgan fingerprint density at radius 1 is 1.05 bits per heavy atom. The highest BCUT2D eigenvalue weighted by molar-refractivity contribution is 8.13. The normalized spacial score (nSPS) is 15.0. The molecule has 3 aromatic carbocycles. The Bertz CT molecular complexity index is 1500. The fourth-order valence-electron chi connectivity index (χ4n) is 5.24. The second-order valence-corrected chi connectivity index (χ2v) is 12.2. The zero-order chi connectivity index (χ0) is 26.9. The summed E-state index contributed by atoms with van der Waals surface area (Å²) in [6.07, 6.45) is -0.362. The van der Waals surface area contributed by atoms with E-state index in [1.54, 1.807) is 24.0 Å². The van der Waals surface area contributed by atoms with Crippen molar-refractivity contribution in [3.8, 4) is 11.1 Å². The molecule has 0 atom stereocenters. The molecule has 1 aliphatic carbocycles. The first-order valence-electron chi connectivity index (χ1n) is 12.2. The number of hydrogen-bond acceptors (Lipinski definition) is 6. The van der Waals surface area contributed by atoms with E-state index in [0.29, 0.717) is 48.7 Å². The third kappa shape index (κ3) is 5.29. The van der Waals surface area contributed by atoms with Crippen LogP contribution in [0.4, 0.5) is 16.2 Å². The molecule has 0 spiro atoms. The van der Waals surface area contributed by atoms with Gasteiger partial charge in [-0.25, -0.2) is 13.2 Å². The van der Waals surface area contributed by atoms with Gasteiger partial charge in [0, 0.05) is 59.1 Å². The molecule has 0 bridgehead atoms. The van der Waals surface area contributed by atoms with Crippen molar-refractivity contribution in [3.05, 3.63) is 93.4 Å². The Hall–Kier alpha value is -3.72. The zero-order valence-corrected chi connectivity index (χ0v) is 22.3. The highest BCUT2D eigenvalue weighted by atomic mass is 35.7. The minimum Gasteiger partial charge on any atom is -0.448 e. The lowest BCUT2D eigenvalue weighted by atomic mass is 9.98. The summed E-state index contributed by atoms with van der Waals surface area (Å²) < 4.78 is 29.2. The molecule has 0 radical (unpaired) electrons. The monoisotopic (exact) mass is 551 g/mol. The van der Waals surface area contributed by atoms with E-state index in [-0.39, 0.29) is 24.4 Å². The van der Waals surface area contributed by atoms with E-state index in [1.165, 1.54) is 11.1 Å². The summed E-state index contributed by atoms with van der Waals surface area (Å²) in [5.41, 5.74) is 15.7. The molecule has 1 heterocycles. The number of ether oxygens (including phenoxy) is 1. The standard InChI is InChI=1S/C27H26ClN5O4S/c1-18-19(17-38(28,35)36)14-20(15-26(18)30-31-29)32-10-12-33(13-11-32)27(34)37-16-25-23-8-4-2-6-21(23)22-7-3-5-9-24(22)25/h2-9,14-15,25H,10-13,16-17H2,1H3. The first-order valence-corrected chi connectivity index (χ1v) is 14.7. The quantitative estimate of drug-likeness (QED) is 0.159. The van der Waals surface area contributed by atoms with Crippen molar-refractivity contribution in [3.63, 3.8) is 0 Å². The first kappa shape index (κ1) is 25.9. The van der Waals surface area contributed by atoms with E-state index in [2.05, 4.69) is 34.3 Å². The number of piperazine rings is 1. The molecule has 3 aromatic rings. The average molecular weight is 552 g/mol. The van der Waals surface area contributed by atoms with Gasteiger partial charge in [0.2, 0.25) is 9.05 Å². The maximum atomic E-state index is 13.0. The number of hydrogen-bond donors (Lipinski definition) is 0. The van der Waals surface area contributed by atoms with Crippen LogP contribution in [0.3, 0.4) is 0 Å². The van der Waals surface area contributed by atoms with Crippen molar-refractivity contribution in [2.75, 3.05) is 37.7 Å². The predicted octanol–water partition coefficient (Wildman–Crippen LogP) is 6.08. The van der Waals surface area contributed by atoms with Crippen molar-refractivity contribution >= 4 is 37.2 Å². The average Bonchev–Trinajstić information content (AvgIpc) is 3.22. The highest BCUT2D eigenvalue weighted by Crippen LogP contribution is 2.44. The van der Waals surface area contributed by atoms with Gasteiger partial charge in [-0.15, -0.1) is 0 Å². The topological polar surface area (TPSA) is 116 Å². The molecular formula is C27H26ClN5O4S.